The first-order valence-electron chi connectivity index (χ1n) is 9.45. The molecule has 0 amide bonds. The maximum atomic E-state index is 11.4. The first-order chi connectivity index (χ1) is 13.6. The van der Waals surface area contributed by atoms with Gasteiger partial charge in [0.15, 0.2) is 0 Å². The minimum atomic E-state index is -0.815. The van der Waals surface area contributed by atoms with Crippen LogP contribution < -0.4 is 4.72 Å². The Morgan fingerprint density at radius 3 is 2.28 bits per heavy atom. The van der Waals surface area contributed by atoms with E-state index in [0.29, 0.717) is 0 Å². The lowest BCUT2D eigenvalue weighted by atomic mass is 9.88. The maximum Gasteiger partial charge on any atom is 0.307 e. The third kappa shape index (κ3) is 6.51. The summed E-state index contributed by atoms with van der Waals surface area (Å²) in [6, 6.07) is 18.2. The molecule has 154 valence electrons. The molecule has 29 heavy (non-hydrogen) atoms. The Labute approximate surface area is 177 Å². The van der Waals surface area contributed by atoms with Crippen molar-refractivity contribution >= 4 is 34.4 Å². The molecule has 0 fully saturated rings. The van der Waals surface area contributed by atoms with Crippen LogP contribution in [0.3, 0.4) is 0 Å². The number of para-hydroxylation sites is 1. The van der Waals surface area contributed by atoms with Gasteiger partial charge in [0.1, 0.15) is 0 Å². The summed E-state index contributed by atoms with van der Waals surface area (Å²) in [5.74, 6) is -0.815. The summed E-state index contributed by atoms with van der Waals surface area (Å²) >= 11 is 1.53. The highest BCUT2D eigenvalue weighted by molar-refractivity contribution is 7.99. The maximum absolute atomic E-state index is 11.4. The number of aliphatic hydroxyl groups is 1. The summed E-state index contributed by atoms with van der Waals surface area (Å²) in [4.78, 5) is 11.4. The van der Waals surface area contributed by atoms with Crippen molar-refractivity contribution in [2.75, 3.05) is 11.0 Å². The van der Waals surface area contributed by atoms with Gasteiger partial charge in [0.2, 0.25) is 0 Å². The van der Waals surface area contributed by atoms with Gasteiger partial charge in [0.05, 0.1) is 17.7 Å². The third-order valence-electron chi connectivity index (χ3n) is 4.12. The Morgan fingerprint density at radius 1 is 1.07 bits per heavy atom. The van der Waals surface area contributed by atoms with Crippen LogP contribution >= 0.6 is 11.9 Å². The predicted molar refractivity (Wildman–Crippen MR) is 125 cm³/mol. The van der Waals surface area contributed by atoms with Crippen LogP contribution in [0.2, 0.25) is 0 Å². The van der Waals surface area contributed by atoms with Crippen molar-refractivity contribution in [3.63, 3.8) is 0 Å². The summed E-state index contributed by atoms with van der Waals surface area (Å²) < 4.78 is 3.31. The lowest BCUT2D eigenvalue weighted by molar-refractivity contribution is -0.136. The Morgan fingerprint density at radius 2 is 1.66 bits per heavy atom. The number of carbonyl (C=O) groups is 1. The number of hydrogen-bond donors (Lipinski definition) is 3. The number of anilines is 1. The number of carboxylic acids is 1. The van der Waals surface area contributed by atoms with Crippen LogP contribution in [0.5, 0.6) is 0 Å². The van der Waals surface area contributed by atoms with Crippen molar-refractivity contribution in [2.45, 2.75) is 39.7 Å². The summed E-state index contributed by atoms with van der Waals surface area (Å²) in [5.41, 5.74) is 4.40. The van der Waals surface area contributed by atoms with E-state index >= 15 is 0 Å². The molecule has 3 rings (SSSR count). The van der Waals surface area contributed by atoms with Crippen LogP contribution in [0.4, 0.5) is 5.69 Å². The van der Waals surface area contributed by atoms with E-state index in [0.717, 1.165) is 38.7 Å². The van der Waals surface area contributed by atoms with E-state index in [1.54, 1.807) is 20.8 Å². The number of nitrogens with one attached hydrogen (secondary N) is 1. The standard InChI is InChI=1S/C20H19NO2S.C4H10O/c1-13-11-14-7-3-4-8-15(14)20(17(13)12-19(22)23)16-9-5-6-10-18(16)21-24-2;1-4(2,3)5/h3-11,21H,12H2,1-2H3,(H,22,23);5H,1-3H3. The van der Waals surface area contributed by atoms with E-state index in [-0.39, 0.29) is 6.42 Å². The average Bonchev–Trinajstić information content (AvgIpc) is 2.62. The highest BCUT2D eigenvalue weighted by Crippen LogP contribution is 2.39. The van der Waals surface area contributed by atoms with Crippen LogP contribution in [0, 0.1) is 6.92 Å². The van der Waals surface area contributed by atoms with Gasteiger partial charge in [-0.1, -0.05) is 60.5 Å². The molecule has 0 atom stereocenters. The van der Waals surface area contributed by atoms with Crippen LogP contribution in [0.15, 0.2) is 54.6 Å². The largest absolute Gasteiger partial charge is 0.481 e. The molecule has 0 spiro atoms. The number of benzene rings is 3. The summed E-state index contributed by atoms with van der Waals surface area (Å²) in [7, 11) is 0. The van der Waals surface area contributed by atoms with Gasteiger partial charge in [0.25, 0.3) is 0 Å². The van der Waals surface area contributed by atoms with Crippen molar-refractivity contribution in [1.29, 1.82) is 0 Å². The van der Waals surface area contributed by atoms with Gasteiger partial charge in [0, 0.05) is 11.8 Å². The minimum Gasteiger partial charge on any atom is -0.481 e. The third-order valence-corrected chi connectivity index (χ3v) is 4.54. The van der Waals surface area contributed by atoms with Gasteiger partial charge in [-0.25, -0.2) is 0 Å². The Balaban J connectivity index is 0.000000537. The highest BCUT2D eigenvalue weighted by Gasteiger charge is 2.17. The molecule has 3 aromatic rings. The average molecular weight is 412 g/mol. The van der Waals surface area contributed by atoms with E-state index < -0.39 is 11.6 Å². The van der Waals surface area contributed by atoms with Gasteiger partial charge in [-0.3, -0.25) is 4.79 Å². The second-order valence-corrected chi connectivity index (χ2v) is 8.47. The molecule has 0 saturated heterocycles. The summed E-state index contributed by atoms with van der Waals surface area (Å²) in [6.45, 7) is 7.21. The van der Waals surface area contributed by atoms with Crippen molar-refractivity contribution in [3.8, 4) is 11.1 Å². The summed E-state index contributed by atoms with van der Waals surface area (Å²) in [5, 5.41) is 20.1. The van der Waals surface area contributed by atoms with Crippen LogP contribution in [0.1, 0.15) is 31.9 Å². The lowest BCUT2D eigenvalue weighted by Gasteiger charge is -2.18. The Bertz CT molecular complexity index is 987. The molecule has 3 N–H and O–H groups in total. The van der Waals surface area contributed by atoms with Crippen LogP contribution in [-0.4, -0.2) is 28.0 Å². The quantitative estimate of drug-likeness (QED) is 0.455. The molecule has 0 aliphatic rings. The molecule has 0 aliphatic carbocycles. The van der Waals surface area contributed by atoms with Crippen LogP contribution in [-0.2, 0) is 11.2 Å². The highest BCUT2D eigenvalue weighted by atomic mass is 32.2. The molecule has 0 radical (unpaired) electrons. The molecule has 0 aromatic heterocycles. The van der Waals surface area contributed by atoms with Crippen molar-refractivity contribution in [3.05, 3.63) is 65.7 Å². The van der Waals surface area contributed by atoms with E-state index in [2.05, 4.69) is 22.9 Å². The number of hydrogen-bond acceptors (Lipinski definition) is 4. The second-order valence-electron chi connectivity index (χ2n) is 7.86. The molecule has 0 bridgehead atoms. The topological polar surface area (TPSA) is 69.6 Å². The number of aryl methyl sites for hydroxylation is 1. The molecular weight excluding hydrogens is 382 g/mol. The van der Waals surface area contributed by atoms with Gasteiger partial charge >= 0.3 is 5.97 Å². The van der Waals surface area contributed by atoms with Crippen LogP contribution in [0.25, 0.3) is 21.9 Å². The van der Waals surface area contributed by atoms with Gasteiger partial charge < -0.3 is 14.9 Å². The number of carboxylic acid groups (broad SMARTS) is 1. The van der Waals surface area contributed by atoms with Gasteiger partial charge in [-0.05, 0) is 61.2 Å². The molecule has 3 aromatic carbocycles. The molecule has 0 heterocycles. The summed E-state index contributed by atoms with van der Waals surface area (Å²) in [6.07, 6.45) is 1.99. The Kier molecular flexibility index (Phi) is 7.71. The van der Waals surface area contributed by atoms with E-state index in [9.17, 15) is 9.90 Å². The molecular formula is C24H29NO3S. The molecule has 4 nitrogen and oxygen atoms in total. The van der Waals surface area contributed by atoms with E-state index in [1.165, 1.54) is 11.9 Å². The number of aliphatic carboxylic acids is 1. The smallest absolute Gasteiger partial charge is 0.307 e. The van der Waals surface area contributed by atoms with E-state index in [4.69, 9.17) is 5.11 Å². The molecule has 0 saturated carbocycles. The zero-order valence-corrected chi connectivity index (χ0v) is 18.4. The number of fused-ring (bicyclic) bond motifs is 1. The monoisotopic (exact) mass is 411 g/mol. The van der Waals surface area contributed by atoms with Gasteiger partial charge in [-0.2, -0.15) is 0 Å². The lowest BCUT2D eigenvalue weighted by Crippen LogP contribution is -2.10. The second kappa shape index (κ2) is 9.81. The Hall–Kier alpha value is -2.50. The van der Waals surface area contributed by atoms with Crippen molar-refractivity contribution in [2.24, 2.45) is 0 Å². The van der Waals surface area contributed by atoms with Gasteiger partial charge in [-0.15, -0.1) is 0 Å². The van der Waals surface area contributed by atoms with E-state index in [1.807, 2.05) is 49.6 Å². The minimum absolute atomic E-state index is 0.0135. The molecule has 0 unspecified atom stereocenters. The van der Waals surface area contributed by atoms with Crippen molar-refractivity contribution < 1.29 is 15.0 Å². The number of rotatable bonds is 5. The molecule has 0 aliphatic heterocycles. The fourth-order valence-corrected chi connectivity index (χ4v) is 3.52. The zero-order valence-electron chi connectivity index (χ0n) is 17.6. The first-order valence-corrected chi connectivity index (χ1v) is 10.7. The molecule has 5 heteroatoms. The normalized spacial score (nSPS) is 11.0. The fourth-order valence-electron chi connectivity index (χ4n) is 3.12. The SMILES string of the molecule is CC(C)(C)O.CSNc1ccccc1-c1c(CC(=O)O)c(C)cc2ccccc12. The predicted octanol–water partition coefficient (Wildman–Crippen LogP) is 5.91. The van der Waals surface area contributed by atoms with Crippen molar-refractivity contribution in [1.82, 2.24) is 0 Å². The first kappa shape index (κ1) is 22.8. The zero-order chi connectivity index (χ0) is 21.6. The fraction of sp³-hybridized carbons (Fsp3) is 0.292.